The lowest BCUT2D eigenvalue weighted by Crippen LogP contribution is -2.08. The molecule has 2 aromatic rings. The summed E-state index contributed by atoms with van der Waals surface area (Å²) in [7, 11) is 0. The lowest BCUT2D eigenvalue weighted by atomic mass is 10.1. The van der Waals surface area contributed by atoms with Crippen molar-refractivity contribution < 1.29 is 4.74 Å². The number of halogens is 1. The van der Waals surface area contributed by atoms with Crippen molar-refractivity contribution in [3.8, 4) is 5.88 Å². The third-order valence-electron chi connectivity index (χ3n) is 2.67. The van der Waals surface area contributed by atoms with Crippen LogP contribution < -0.4 is 10.1 Å². The number of aromatic nitrogens is 2. The van der Waals surface area contributed by atoms with E-state index in [1.165, 1.54) is 11.9 Å². The van der Waals surface area contributed by atoms with E-state index in [1.807, 2.05) is 19.1 Å². The zero-order chi connectivity index (χ0) is 13.7. The van der Waals surface area contributed by atoms with Crippen molar-refractivity contribution >= 4 is 21.7 Å². The van der Waals surface area contributed by atoms with Crippen LogP contribution in [0, 0.1) is 0 Å². The Morgan fingerprint density at radius 3 is 2.68 bits per heavy atom. The van der Waals surface area contributed by atoms with E-state index in [2.05, 4.69) is 50.3 Å². The highest BCUT2D eigenvalue weighted by atomic mass is 79.9. The number of hydrogen-bond acceptors (Lipinski definition) is 4. The quantitative estimate of drug-likeness (QED) is 0.909. The summed E-state index contributed by atoms with van der Waals surface area (Å²) in [6, 6.07) is 10.2. The molecule has 100 valence electrons. The van der Waals surface area contributed by atoms with Crippen molar-refractivity contribution in [1.29, 1.82) is 0 Å². The smallest absolute Gasteiger partial charge is 0.218 e. The highest BCUT2D eigenvalue weighted by molar-refractivity contribution is 9.10. The highest BCUT2D eigenvalue weighted by Crippen LogP contribution is 2.21. The maximum absolute atomic E-state index is 5.35. The Bertz CT molecular complexity index is 530. The first kappa shape index (κ1) is 13.8. The zero-order valence-corrected chi connectivity index (χ0v) is 12.5. The maximum atomic E-state index is 5.35. The van der Waals surface area contributed by atoms with Crippen molar-refractivity contribution in [3.63, 3.8) is 0 Å². The lowest BCUT2D eigenvalue weighted by molar-refractivity contribution is 0.326. The second-order valence-corrected chi connectivity index (χ2v) is 5.01. The number of nitrogens with zero attached hydrogens (tertiary/aromatic N) is 2. The van der Waals surface area contributed by atoms with Gasteiger partial charge in [-0.25, -0.2) is 9.97 Å². The summed E-state index contributed by atoms with van der Waals surface area (Å²) in [6.45, 7) is 4.62. The number of rotatable bonds is 5. The van der Waals surface area contributed by atoms with E-state index in [1.54, 1.807) is 6.07 Å². The van der Waals surface area contributed by atoms with Crippen molar-refractivity contribution in [3.05, 3.63) is 46.7 Å². The number of anilines is 1. The van der Waals surface area contributed by atoms with Crippen LogP contribution in [0.1, 0.15) is 25.5 Å². The molecule has 0 spiro atoms. The molecule has 1 heterocycles. The van der Waals surface area contributed by atoms with Gasteiger partial charge < -0.3 is 10.1 Å². The van der Waals surface area contributed by atoms with Gasteiger partial charge >= 0.3 is 0 Å². The van der Waals surface area contributed by atoms with Gasteiger partial charge in [0.1, 0.15) is 12.1 Å². The fraction of sp³-hybridized carbons (Fsp3) is 0.286. The third-order valence-corrected chi connectivity index (χ3v) is 3.20. The van der Waals surface area contributed by atoms with Crippen molar-refractivity contribution in [1.82, 2.24) is 9.97 Å². The SMILES string of the molecule is CCOc1cc(NC(C)c2ccc(Br)cc2)ncn1. The highest BCUT2D eigenvalue weighted by Gasteiger charge is 2.07. The molecule has 0 aliphatic heterocycles. The molecule has 1 N–H and O–H groups in total. The molecule has 1 atom stereocenters. The summed E-state index contributed by atoms with van der Waals surface area (Å²) >= 11 is 3.43. The Labute approximate surface area is 121 Å². The Kier molecular flexibility index (Phi) is 4.74. The first-order valence-electron chi connectivity index (χ1n) is 6.16. The van der Waals surface area contributed by atoms with Gasteiger partial charge in [0, 0.05) is 16.6 Å². The van der Waals surface area contributed by atoms with Crippen molar-refractivity contribution in [2.24, 2.45) is 0 Å². The van der Waals surface area contributed by atoms with Gasteiger partial charge in [-0.3, -0.25) is 0 Å². The van der Waals surface area contributed by atoms with E-state index >= 15 is 0 Å². The van der Waals surface area contributed by atoms with Crippen LogP contribution >= 0.6 is 15.9 Å². The van der Waals surface area contributed by atoms with Gasteiger partial charge in [-0.1, -0.05) is 28.1 Å². The van der Waals surface area contributed by atoms with Gasteiger partial charge in [0.15, 0.2) is 0 Å². The van der Waals surface area contributed by atoms with Crippen LogP contribution in [0.15, 0.2) is 41.1 Å². The van der Waals surface area contributed by atoms with Gasteiger partial charge in [0.05, 0.1) is 6.61 Å². The third kappa shape index (κ3) is 3.92. The minimum Gasteiger partial charge on any atom is -0.478 e. The molecule has 4 nitrogen and oxygen atoms in total. The molecule has 0 saturated heterocycles. The van der Waals surface area contributed by atoms with Gasteiger partial charge in [-0.05, 0) is 31.5 Å². The molecule has 1 aromatic heterocycles. The second kappa shape index (κ2) is 6.52. The largest absolute Gasteiger partial charge is 0.478 e. The summed E-state index contributed by atoms with van der Waals surface area (Å²) in [6.07, 6.45) is 1.50. The molecule has 0 amide bonds. The normalized spacial score (nSPS) is 11.9. The summed E-state index contributed by atoms with van der Waals surface area (Å²) in [5.74, 6) is 1.34. The van der Waals surface area contributed by atoms with Crippen LogP contribution in [0.2, 0.25) is 0 Å². The molecule has 0 aliphatic carbocycles. The van der Waals surface area contributed by atoms with E-state index in [-0.39, 0.29) is 6.04 Å². The van der Waals surface area contributed by atoms with E-state index in [9.17, 15) is 0 Å². The zero-order valence-electron chi connectivity index (χ0n) is 10.9. The van der Waals surface area contributed by atoms with Crippen LogP contribution in [0.5, 0.6) is 5.88 Å². The van der Waals surface area contributed by atoms with Crippen molar-refractivity contribution in [2.45, 2.75) is 19.9 Å². The van der Waals surface area contributed by atoms with E-state index in [0.29, 0.717) is 12.5 Å². The predicted molar refractivity (Wildman–Crippen MR) is 79.4 cm³/mol. The molecule has 0 aliphatic rings. The number of nitrogens with one attached hydrogen (secondary N) is 1. The van der Waals surface area contributed by atoms with E-state index in [0.717, 1.165) is 10.3 Å². The van der Waals surface area contributed by atoms with Crippen LogP contribution in [0.3, 0.4) is 0 Å². The number of ether oxygens (including phenoxy) is 1. The molecule has 0 fully saturated rings. The van der Waals surface area contributed by atoms with E-state index < -0.39 is 0 Å². The lowest BCUT2D eigenvalue weighted by Gasteiger charge is -2.15. The second-order valence-electron chi connectivity index (χ2n) is 4.09. The number of hydrogen-bond donors (Lipinski definition) is 1. The summed E-state index contributed by atoms with van der Waals surface area (Å²) < 4.78 is 6.43. The molecule has 2 rings (SSSR count). The molecular weight excluding hydrogens is 306 g/mol. The standard InChI is InChI=1S/C14H16BrN3O/c1-3-19-14-8-13(16-9-17-14)18-10(2)11-4-6-12(15)7-5-11/h4-10H,3H2,1-2H3,(H,16,17,18). The molecule has 0 bridgehead atoms. The summed E-state index contributed by atoms with van der Waals surface area (Å²) in [5, 5.41) is 3.33. The fourth-order valence-corrected chi connectivity index (χ4v) is 1.97. The molecule has 0 saturated carbocycles. The first-order valence-corrected chi connectivity index (χ1v) is 6.95. The molecule has 1 aromatic carbocycles. The van der Waals surface area contributed by atoms with Gasteiger partial charge in [-0.15, -0.1) is 0 Å². The average Bonchev–Trinajstić information content (AvgIpc) is 2.40. The fourth-order valence-electron chi connectivity index (χ4n) is 1.70. The van der Waals surface area contributed by atoms with Crippen LogP contribution in [0.25, 0.3) is 0 Å². The van der Waals surface area contributed by atoms with Crippen molar-refractivity contribution in [2.75, 3.05) is 11.9 Å². The predicted octanol–water partition coefficient (Wildman–Crippen LogP) is 3.81. The molecule has 19 heavy (non-hydrogen) atoms. The number of benzene rings is 1. The topological polar surface area (TPSA) is 47.0 Å². The molecule has 5 heteroatoms. The Hall–Kier alpha value is -1.62. The van der Waals surface area contributed by atoms with Gasteiger partial charge in [0.2, 0.25) is 5.88 Å². The maximum Gasteiger partial charge on any atom is 0.218 e. The Morgan fingerprint density at radius 2 is 2.00 bits per heavy atom. The van der Waals surface area contributed by atoms with Gasteiger partial charge in [-0.2, -0.15) is 0 Å². The minimum atomic E-state index is 0.164. The summed E-state index contributed by atoms with van der Waals surface area (Å²) in [5.41, 5.74) is 1.19. The van der Waals surface area contributed by atoms with Crippen LogP contribution in [0.4, 0.5) is 5.82 Å². The Morgan fingerprint density at radius 1 is 1.26 bits per heavy atom. The average molecular weight is 322 g/mol. The van der Waals surface area contributed by atoms with Gasteiger partial charge in [0.25, 0.3) is 0 Å². The monoisotopic (exact) mass is 321 g/mol. The van der Waals surface area contributed by atoms with Crippen LogP contribution in [-0.4, -0.2) is 16.6 Å². The minimum absolute atomic E-state index is 0.164. The molecule has 1 unspecified atom stereocenters. The van der Waals surface area contributed by atoms with Crippen LogP contribution in [-0.2, 0) is 0 Å². The van der Waals surface area contributed by atoms with E-state index in [4.69, 9.17) is 4.74 Å². The first-order chi connectivity index (χ1) is 9.19. The summed E-state index contributed by atoms with van der Waals surface area (Å²) in [4.78, 5) is 8.23. The molecular formula is C14H16BrN3O. The Balaban J connectivity index is 2.07. The molecule has 0 radical (unpaired) electrons.